The molecular formula is C10H9N3. The predicted molar refractivity (Wildman–Crippen MR) is 51.0 cm³/mol. The third kappa shape index (κ3) is 1.27. The van der Waals surface area contributed by atoms with E-state index in [9.17, 15) is 0 Å². The van der Waals surface area contributed by atoms with Gasteiger partial charge in [0.15, 0.2) is 0 Å². The first-order valence-corrected chi connectivity index (χ1v) is 4.04. The predicted octanol–water partition coefficient (Wildman–Crippen LogP) is 1.99. The van der Waals surface area contributed by atoms with E-state index in [1.807, 2.05) is 29.8 Å². The summed E-state index contributed by atoms with van der Waals surface area (Å²) >= 11 is 0. The lowest BCUT2D eigenvalue weighted by atomic mass is 10.2. The van der Waals surface area contributed by atoms with Crippen molar-refractivity contribution < 1.29 is 0 Å². The summed E-state index contributed by atoms with van der Waals surface area (Å²) in [5, 5.41) is 0. The molecule has 0 amide bonds. The number of aryl methyl sites for hydroxylation is 1. The Morgan fingerprint density at radius 1 is 1.54 bits per heavy atom. The van der Waals surface area contributed by atoms with Crippen LogP contribution in [0.3, 0.4) is 0 Å². The maximum absolute atomic E-state index is 6.75. The number of fused-ring (bicyclic) bond motifs is 1. The molecule has 3 heteroatoms. The SMILES string of the molecule is [C-]#[N+]Cc1ccc2c(c1)ncn2C. The lowest BCUT2D eigenvalue weighted by Gasteiger charge is -1.94. The number of hydrogen-bond donors (Lipinski definition) is 0. The van der Waals surface area contributed by atoms with Crippen LogP contribution in [-0.2, 0) is 13.6 Å². The summed E-state index contributed by atoms with van der Waals surface area (Å²) in [5.41, 5.74) is 3.10. The van der Waals surface area contributed by atoms with Crippen LogP contribution in [0.4, 0.5) is 0 Å². The molecule has 0 radical (unpaired) electrons. The van der Waals surface area contributed by atoms with Crippen molar-refractivity contribution in [1.29, 1.82) is 0 Å². The Hall–Kier alpha value is -1.82. The molecule has 0 saturated carbocycles. The summed E-state index contributed by atoms with van der Waals surface area (Å²) in [7, 11) is 1.96. The van der Waals surface area contributed by atoms with Crippen LogP contribution in [0.2, 0.25) is 0 Å². The fourth-order valence-electron chi connectivity index (χ4n) is 1.37. The maximum Gasteiger partial charge on any atom is 0.239 e. The van der Waals surface area contributed by atoms with Crippen LogP contribution in [0.5, 0.6) is 0 Å². The number of hydrogen-bond acceptors (Lipinski definition) is 1. The molecule has 2 rings (SSSR count). The number of aromatic nitrogens is 2. The molecule has 1 heterocycles. The standard InChI is InChI=1S/C10H9N3/c1-11-6-8-3-4-10-9(5-8)12-7-13(10)2/h3-5,7H,6H2,2H3. The van der Waals surface area contributed by atoms with Gasteiger partial charge < -0.3 is 9.41 Å². The molecule has 0 fully saturated rings. The Balaban J connectivity index is 2.58. The highest BCUT2D eigenvalue weighted by Gasteiger charge is 2.01. The van der Waals surface area contributed by atoms with E-state index >= 15 is 0 Å². The normalized spacial score (nSPS) is 10.2. The van der Waals surface area contributed by atoms with E-state index in [4.69, 9.17) is 6.57 Å². The second-order valence-electron chi connectivity index (χ2n) is 2.99. The Morgan fingerprint density at radius 3 is 3.15 bits per heavy atom. The minimum Gasteiger partial charge on any atom is -0.334 e. The van der Waals surface area contributed by atoms with Crippen molar-refractivity contribution in [3.63, 3.8) is 0 Å². The van der Waals surface area contributed by atoms with Gasteiger partial charge in [0.25, 0.3) is 0 Å². The van der Waals surface area contributed by atoms with E-state index in [1.165, 1.54) is 0 Å². The van der Waals surface area contributed by atoms with E-state index in [1.54, 1.807) is 6.33 Å². The molecule has 1 aromatic heterocycles. The van der Waals surface area contributed by atoms with Crippen LogP contribution in [0, 0.1) is 6.57 Å². The fraction of sp³-hybridized carbons (Fsp3) is 0.200. The van der Waals surface area contributed by atoms with Crippen LogP contribution < -0.4 is 0 Å². The molecule has 0 aliphatic rings. The second-order valence-corrected chi connectivity index (χ2v) is 2.99. The van der Waals surface area contributed by atoms with Gasteiger partial charge in [-0.3, -0.25) is 0 Å². The van der Waals surface area contributed by atoms with Crippen molar-refractivity contribution in [3.05, 3.63) is 41.5 Å². The maximum atomic E-state index is 6.75. The van der Waals surface area contributed by atoms with Gasteiger partial charge in [-0.1, -0.05) is 0 Å². The Kier molecular flexibility index (Phi) is 1.75. The van der Waals surface area contributed by atoms with Crippen LogP contribution in [0.25, 0.3) is 15.9 Å². The van der Waals surface area contributed by atoms with Crippen molar-refractivity contribution in [2.75, 3.05) is 0 Å². The van der Waals surface area contributed by atoms with Crippen molar-refractivity contribution in [3.8, 4) is 0 Å². The third-order valence-corrected chi connectivity index (χ3v) is 2.05. The minimum atomic E-state index is 0.437. The molecule has 1 aromatic carbocycles. The van der Waals surface area contributed by atoms with Gasteiger partial charge in [-0.25, -0.2) is 11.6 Å². The molecule has 0 N–H and O–H groups in total. The molecule has 0 unspecified atom stereocenters. The van der Waals surface area contributed by atoms with Crippen molar-refractivity contribution in [2.24, 2.45) is 7.05 Å². The molecule has 64 valence electrons. The molecule has 0 atom stereocenters. The van der Waals surface area contributed by atoms with Gasteiger partial charge in [0.1, 0.15) is 0 Å². The molecule has 2 aromatic rings. The van der Waals surface area contributed by atoms with Gasteiger partial charge in [0, 0.05) is 12.6 Å². The zero-order chi connectivity index (χ0) is 9.26. The van der Waals surface area contributed by atoms with Crippen LogP contribution in [-0.4, -0.2) is 9.55 Å². The van der Waals surface area contributed by atoms with Crippen LogP contribution >= 0.6 is 0 Å². The zero-order valence-corrected chi connectivity index (χ0v) is 7.36. The average Bonchev–Trinajstić information content (AvgIpc) is 2.48. The summed E-state index contributed by atoms with van der Waals surface area (Å²) in [6, 6.07) is 5.94. The molecule has 0 saturated heterocycles. The first-order chi connectivity index (χ1) is 6.31. The summed E-state index contributed by atoms with van der Waals surface area (Å²) in [4.78, 5) is 7.56. The summed E-state index contributed by atoms with van der Waals surface area (Å²) < 4.78 is 1.97. The van der Waals surface area contributed by atoms with E-state index in [0.717, 1.165) is 16.6 Å². The molecule has 0 spiro atoms. The molecule has 0 bridgehead atoms. The Bertz CT molecular complexity index is 476. The summed E-state index contributed by atoms with van der Waals surface area (Å²) in [5.74, 6) is 0. The summed E-state index contributed by atoms with van der Waals surface area (Å²) in [6.45, 7) is 7.19. The van der Waals surface area contributed by atoms with E-state index in [0.29, 0.717) is 6.54 Å². The minimum absolute atomic E-state index is 0.437. The zero-order valence-electron chi connectivity index (χ0n) is 7.36. The quantitative estimate of drug-likeness (QED) is 0.601. The fourth-order valence-corrected chi connectivity index (χ4v) is 1.37. The van der Waals surface area contributed by atoms with Crippen LogP contribution in [0.15, 0.2) is 24.5 Å². The first-order valence-electron chi connectivity index (χ1n) is 4.04. The van der Waals surface area contributed by atoms with Crippen molar-refractivity contribution in [2.45, 2.75) is 6.54 Å². The molecule has 3 nitrogen and oxygen atoms in total. The lowest BCUT2D eigenvalue weighted by Crippen LogP contribution is -1.84. The van der Waals surface area contributed by atoms with Gasteiger partial charge in [0.2, 0.25) is 6.54 Å². The van der Waals surface area contributed by atoms with Gasteiger partial charge in [-0.15, -0.1) is 0 Å². The molecular weight excluding hydrogens is 162 g/mol. The number of benzene rings is 1. The number of rotatable bonds is 1. The Labute approximate surface area is 76.4 Å². The largest absolute Gasteiger partial charge is 0.334 e. The van der Waals surface area contributed by atoms with Gasteiger partial charge >= 0.3 is 0 Å². The third-order valence-electron chi connectivity index (χ3n) is 2.05. The van der Waals surface area contributed by atoms with E-state index in [2.05, 4.69) is 9.83 Å². The van der Waals surface area contributed by atoms with E-state index in [-0.39, 0.29) is 0 Å². The van der Waals surface area contributed by atoms with Crippen molar-refractivity contribution >= 4 is 11.0 Å². The average molecular weight is 171 g/mol. The van der Waals surface area contributed by atoms with Gasteiger partial charge in [0.05, 0.1) is 17.4 Å². The number of nitrogens with zero attached hydrogens (tertiary/aromatic N) is 3. The topological polar surface area (TPSA) is 22.2 Å². The highest BCUT2D eigenvalue weighted by molar-refractivity contribution is 5.75. The molecule has 0 aliphatic carbocycles. The van der Waals surface area contributed by atoms with E-state index < -0.39 is 0 Å². The number of imidazole rings is 1. The molecule has 13 heavy (non-hydrogen) atoms. The van der Waals surface area contributed by atoms with Crippen LogP contribution in [0.1, 0.15) is 5.56 Å². The van der Waals surface area contributed by atoms with Gasteiger partial charge in [-0.05, 0) is 18.2 Å². The molecule has 0 aliphatic heterocycles. The Morgan fingerprint density at radius 2 is 2.38 bits per heavy atom. The monoisotopic (exact) mass is 171 g/mol. The van der Waals surface area contributed by atoms with Crippen molar-refractivity contribution in [1.82, 2.24) is 9.55 Å². The first kappa shape index (κ1) is 7.81. The second kappa shape index (κ2) is 2.91. The highest BCUT2D eigenvalue weighted by atomic mass is 15.0. The highest BCUT2D eigenvalue weighted by Crippen LogP contribution is 2.14. The van der Waals surface area contributed by atoms with Gasteiger partial charge in [-0.2, -0.15) is 0 Å². The lowest BCUT2D eigenvalue weighted by molar-refractivity contribution is 0.947. The smallest absolute Gasteiger partial charge is 0.239 e. The summed E-state index contributed by atoms with van der Waals surface area (Å²) in [6.07, 6.45) is 1.78.